The van der Waals surface area contributed by atoms with Gasteiger partial charge in [-0.05, 0) is 57.5 Å². The topological polar surface area (TPSA) is 88.4 Å². The molecule has 1 atom stereocenters. The molecular formula is C34H34N2O6S. The van der Waals surface area contributed by atoms with E-state index in [-0.39, 0.29) is 18.3 Å². The first kappa shape index (κ1) is 29.8. The van der Waals surface area contributed by atoms with Crippen molar-refractivity contribution in [2.24, 2.45) is 4.99 Å². The Morgan fingerprint density at radius 1 is 1.00 bits per heavy atom. The largest absolute Gasteiger partial charge is 0.494 e. The molecule has 1 aromatic heterocycles. The number of rotatable bonds is 10. The molecule has 5 rings (SSSR count). The van der Waals surface area contributed by atoms with Crippen LogP contribution in [0.1, 0.15) is 50.4 Å². The Hall–Kier alpha value is -4.63. The van der Waals surface area contributed by atoms with E-state index < -0.39 is 12.0 Å². The summed E-state index contributed by atoms with van der Waals surface area (Å²) >= 11 is 1.25. The molecular weight excluding hydrogens is 564 g/mol. The second-order valence-electron chi connectivity index (χ2n) is 9.98. The van der Waals surface area contributed by atoms with E-state index in [0.717, 1.165) is 11.1 Å². The highest BCUT2D eigenvalue weighted by Gasteiger charge is 2.35. The SMILES string of the molecule is CCOC(=O)C1=C(c2ccccc2)N=c2s/c(=C\c3cccc(OC)c3OC(C)C)c(=O)n2[C@H]1c1ccc(OCC)cc1. The molecule has 0 radical (unpaired) electrons. The standard InChI is InChI=1S/C34H34N2O6S/c1-6-40-25-18-16-23(17-19-25)30-28(33(38)41-7-2)29(22-12-9-8-10-13-22)35-34-36(30)32(37)27(43-34)20-24-14-11-15-26(39-5)31(24)42-21(3)4/h8-21,30H,6-7H2,1-5H3/b27-20-/t30-/m0/s1. The Morgan fingerprint density at radius 2 is 1.74 bits per heavy atom. The van der Waals surface area contributed by atoms with Gasteiger partial charge in [0.05, 0.1) is 48.3 Å². The van der Waals surface area contributed by atoms with Crippen LogP contribution in [0.3, 0.4) is 0 Å². The Balaban J connectivity index is 1.80. The third-order valence-electron chi connectivity index (χ3n) is 6.75. The van der Waals surface area contributed by atoms with Crippen LogP contribution in [0, 0.1) is 0 Å². The normalized spacial score (nSPS) is 14.7. The van der Waals surface area contributed by atoms with Gasteiger partial charge in [0, 0.05) is 11.1 Å². The zero-order chi connectivity index (χ0) is 30.5. The van der Waals surface area contributed by atoms with Gasteiger partial charge in [-0.2, -0.15) is 0 Å². The minimum Gasteiger partial charge on any atom is -0.494 e. The van der Waals surface area contributed by atoms with Gasteiger partial charge in [0.25, 0.3) is 5.56 Å². The Bertz CT molecular complexity index is 1820. The molecule has 0 bridgehead atoms. The molecule has 1 aliphatic rings. The second-order valence-corrected chi connectivity index (χ2v) is 11.0. The summed E-state index contributed by atoms with van der Waals surface area (Å²) in [5.74, 6) is 1.28. The number of aromatic nitrogens is 1. The highest BCUT2D eigenvalue weighted by Crippen LogP contribution is 2.36. The number of thiazole rings is 1. The molecule has 0 amide bonds. The van der Waals surface area contributed by atoms with Gasteiger partial charge < -0.3 is 18.9 Å². The number of benzene rings is 3. The predicted molar refractivity (Wildman–Crippen MR) is 167 cm³/mol. The minimum absolute atomic E-state index is 0.107. The number of hydrogen-bond acceptors (Lipinski definition) is 8. The molecule has 4 aromatic rings. The lowest BCUT2D eigenvalue weighted by Crippen LogP contribution is -2.40. The minimum atomic E-state index is -0.778. The lowest BCUT2D eigenvalue weighted by Gasteiger charge is -2.26. The van der Waals surface area contributed by atoms with E-state index in [0.29, 0.717) is 50.0 Å². The van der Waals surface area contributed by atoms with Crippen molar-refractivity contribution in [1.29, 1.82) is 0 Å². The fourth-order valence-electron chi connectivity index (χ4n) is 4.98. The first-order valence-electron chi connectivity index (χ1n) is 14.2. The summed E-state index contributed by atoms with van der Waals surface area (Å²) in [6.45, 7) is 8.24. The average molecular weight is 599 g/mol. The summed E-state index contributed by atoms with van der Waals surface area (Å²) in [6.07, 6.45) is 1.68. The Kier molecular flexibility index (Phi) is 9.11. The molecule has 0 spiro atoms. The first-order chi connectivity index (χ1) is 20.9. The van der Waals surface area contributed by atoms with Crippen molar-refractivity contribution in [2.75, 3.05) is 20.3 Å². The molecule has 222 valence electrons. The van der Waals surface area contributed by atoms with Crippen molar-refractivity contribution in [2.45, 2.75) is 39.8 Å². The molecule has 43 heavy (non-hydrogen) atoms. The fraction of sp³-hybridized carbons (Fsp3) is 0.265. The molecule has 0 saturated heterocycles. The molecule has 8 nitrogen and oxygen atoms in total. The van der Waals surface area contributed by atoms with Crippen molar-refractivity contribution < 1.29 is 23.7 Å². The summed E-state index contributed by atoms with van der Waals surface area (Å²) in [5.41, 5.74) is 2.66. The van der Waals surface area contributed by atoms with Gasteiger partial charge in [0.2, 0.25) is 0 Å². The maximum atomic E-state index is 14.2. The molecule has 0 aliphatic carbocycles. The lowest BCUT2D eigenvalue weighted by molar-refractivity contribution is -0.138. The maximum absolute atomic E-state index is 14.2. The highest BCUT2D eigenvalue weighted by atomic mass is 32.1. The fourth-order valence-corrected chi connectivity index (χ4v) is 5.97. The molecule has 0 unspecified atom stereocenters. The van der Waals surface area contributed by atoms with Gasteiger partial charge in [0.1, 0.15) is 5.75 Å². The van der Waals surface area contributed by atoms with Crippen molar-refractivity contribution >= 4 is 29.1 Å². The summed E-state index contributed by atoms with van der Waals surface area (Å²) in [7, 11) is 1.58. The van der Waals surface area contributed by atoms with Gasteiger partial charge in [0.15, 0.2) is 16.3 Å². The number of ether oxygens (including phenoxy) is 4. The quantitative estimate of drug-likeness (QED) is 0.235. The number of esters is 1. The van der Waals surface area contributed by atoms with Crippen LogP contribution in [0.4, 0.5) is 0 Å². The van der Waals surface area contributed by atoms with Crippen LogP contribution in [0.5, 0.6) is 17.2 Å². The van der Waals surface area contributed by atoms with Crippen molar-refractivity contribution in [3.05, 3.63) is 115 Å². The van der Waals surface area contributed by atoms with Crippen LogP contribution < -0.4 is 29.1 Å². The number of hydrogen-bond donors (Lipinski definition) is 0. The highest BCUT2D eigenvalue weighted by molar-refractivity contribution is 7.07. The zero-order valence-electron chi connectivity index (χ0n) is 24.8. The van der Waals surface area contributed by atoms with Crippen LogP contribution in [0.25, 0.3) is 11.8 Å². The van der Waals surface area contributed by atoms with Crippen LogP contribution in [0.15, 0.2) is 88.2 Å². The van der Waals surface area contributed by atoms with Gasteiger partial charge in [-0.15, -0.1) is 0 Å². The van der Waals surface area contributed by atoms with E-state index in [1.165, 1.54) is 11.3 Å². The number of para-hydroxylation sites is 1. The molecule has 3 aromatic carbocycles. The predicted octanol–water partition coefficient (Wildman–Crippen LogP) is 5.13. The van der Waals surface area contributed by atoms with E-state index in [9.17, 15) is 9.59 Å². The smallest absolute Gasteiger partial charge is 0.338 e. The van der Waals surface area contributed by atoms with Gasteiger partial charge in [-0.1, -0.05) is 65.9 Å². The number of fused-ring (bicyclic) bond motifs is 1. The number of nitrogens with zero attached hydrogens (tertiary/aromatic N) is 2. The van der Waals surface area contributed by atoms with Crippen LogP contribution in [0.2, 0.25) is 0 Å². The van der Waals surface area contributed by atoms with Gasteiger partial charge >= 0.3 is 5.97 Å². The zero-order valence-corrected chi connectivity index (χ0v) is 25.6. The van der Waals surface area contributed by atoms with Crippen molar-refractivity contribution in [3.63, 3.8) is 0 Å². The van der Waals surface area contributed by atoms with E-state index in [1.807, 2.05) is 93.6 Å². The monoisotopic (exact) mass is 598 g/mol. The van der Waals surface area contributed by atoms with Crippen molar-refractivity contribution in [1.82, 2.24) is 4.57 Å². The third kappa shape index (κ3) is 6.12. The molecule has 0 N–H and O–H groups in total. The van der Waals surface area contributed by atoms with E-state index >= 15 is 0 Å². The van der Waals surface area contributed by atoms with Gasteiger partial charge in [-0.25, -0.2) is 9.79 Å². The number of carbonyl (C=O) groups is 1. The average Bonchev–Trinajstić information content (AvgIpc) is 3.32. The summed E-state index contributed by atoms with van der Waals surface area (Å²) in [4.78, 5) is 33.3. The summed E-state index contributed by atoms with van der Waals surface area (Å²) < 4.78 is 24.9. The second kappa shape index (κ2) is 13.1. The molecule has 0 fully saturated rings. The van der Waals surface area contributed by atoms with E-state index in [4.69, 9.17) is 23.9 Å². The van der Waals surface area contributed by atoms with Crippen LogP contribution in [-0.2, 0) is 9.53 Å². The summed E-state index contributed by atoms with van der Waals surface area (Å²) in [5, 5.41) is 0. The van der Waals surface area contributed by atoms with Crippen molar-refractivity contribution in [3.8, 4) is 17.2 Å². The van der Waals surface area contributed by atoms with Gasteiger partial charge in [-0.3, -0.25) is 9.36 Å². The summed E-state index contributed by atoms with van der Waals surface area (Å²) in [6, 6.07) is 21.7. The molecule has 2 heterocycles. The van der Waals surface area contributed by atoms with E-state index in [2.05, 4.69) is 0 Å². The molecule has 9 heteroatoms. The Morgan fingerprint density at radius 3 is 2.40 bits per heavy atom. The maximum Gasteiger partial charge on any atom is 0.338 e. The Labute approximate surface area is 254 Å². The first-order valence-corrected chi connectivity index (χ1v) is 15.0. The van der Waals surface area contributed by atoms with Crippen LogP contribution >= 0.6 is 11.3 Å². The number of carbonyl (C=O) groups excluding carboxylic acids is 1. The molecule has 1 aliphatic heterocycles. The van der Waals surface area contributed by atoms with E-state index in [1.54, 1.807) is 24.7 Å². The lowest BCUT2D eigenvalue weighted by atomic mass is 9.93. The third-order valence-corrected chi connectivity index (χ3v) is 7.73. The number of methoxy groups -OCH3 is 1. The molecule has 0 saturated carbocycles. The van der Waals surface area contributed by atoms with Crippen LogP contribution in [-0.4, -0.2) is 37.0 Å².